The maximum Gasteiger partial charge on any atom is 0.573 e. The lowest BCUT2D eigenvalue weighted by Crippen LogP contribution is -2.18. The molecule has 0 fully saturated rings. The molecule has 1 rings (SSSR count). The highest BCUT2D eigenvalue weighted by Crippen LogP contribution is 2.34. The summed E-state index contributed by atoms with van der Waals surface area (Å²) in [5.41, 5.74) is 0. The van der Waals surface area contributed by atoms with E-state index in [0.29, 0.717) is 0 Å². The summed E-state index contributed by atoms with van der Waals surface area (Å²) in [7, 11) is 0. The summed E-state index contributed by atoms with van der Waals surface area (Å²) in [5, 5.41) is 9.07. The number of hydrogen-bond donors (Lipinski definition) is 1. The van der Waals surface area contributed by atoms with Gasteiger partial charge in [-0.15, -0.1) is 13.2 Å². The SMILES string of the molecule is Oc1cc(I)c(OC(F)(F)F)c(I)c1. The third-order valence-corrected chi connectivity index (χ3v) is 2.80. The molecule has 14 heavy (non-hydrogen) atoms. The van der Waals surface area contributed by atoms with Crippen LogP contribution in [0.4, 0.5) is 13.2 Å². The number of ether oxygens (including phenoxy) is 1. The third kappa shape index (κ3) is 3.33. The fourth-order valence-corrected chi connectivity index (χ4v) is 2.72. The van der Waals surface area contributed by atoms with Crippen LogP contribution in [-0.4, -0.2) is 11.5 Å². The van der Waals surface area contributed by atoms with Gasteiger partial charge in [0.25, 0.3) is 0 Å². The zero-order valence-electron chi connectivity index (χ0n) is 6.40. The van der Waals surface area contributed by atoms with E-state index in [4.69, 9.17) is 5.11 Å². The molecule has 1 aromatic rings. The lowest BCUT2D eigenvalue weighted by Gasteiger charge is -2.12. The molecular formula is C7H3F3I2O2. The summed E-state index contributed by atoms with van der Waals surface area (Å²) in [6.45, 7) is 0. The summed E-state index contributed by atoms with van der Waals surface area (Å²) in [4.78, 5) is 0. The van der Waals surface area contributed by atoms with Gasteiger partial charge in [-0.1, -0.05) is 0 Å². The molecule has 0 atom stereocenters. The molecule has 0 unspecified atom stereocenters. The van der Waals surface area contributed by atoms with Gasteiger partial charge in [0.1, 0.15) is 5.75 Å². The van der Waals surface area contributed by atoms with Gasteiger partial charge < -0.3 is 9.84 Å². The minimum atomic E-state index is -4.71. The van der Waals surface area contributed by atoms with Crippen molar-refractivity contribution in [2.24, 2.45) is 0 Å². The lowest BCUT2D eigenvalue weighted by molar-refractivity contribution is -0.275. The highest BCUT2D eigenvalue weighted by Gasteiger charge is 2.33. The fraction of sp³-hybridized carbons (Fsp3) is 0.143. The van der Waals surface area contributed by atoms with Gasteiger partial charge in [-0.05, 0) is 57.3 Å². The normalized spacial score (nSPS) is 11.5. The van der Waals surface area contributed by atoms with E-state index in [9.17, 15) is 13.2 Å². The van der Waals surface area contributed by atoms with Crippen LogP contribution in [0.3, 0.4) is 0 Å². The Labute approximate surface area is 105 Å². The number of halogens is 5. The van der Waals surface area contributed by atoms with E-state index in [1.165, 1.54) is 12.1 Å². The van der Waals surface area contributed by atoms with Gasteiger partial charge >= 0.3 is 6.36 Å². The summed E-state index contributed by atoms with van der Waals surface area (Å²) < 4.78 is 39.9. The smallest absolute Gasteiger partial charge is 0.508 e. The first-order valence-corrected chi connectivity index (χ1v) is 5.39. The van der Waals surface area contributed by atoms with Crippen molar-refractivity contribution in [2.75, 3.05) is 0 Å². The maximum atomic E-state index is 11.9. The van der Waals surface area contributed by atoms with E-state index in [2.05, 4.69) is 4.74 Å². The largest absolute Gasteiger partial charge is 0.573 e. The van der Waals surface area contributed by atoms with Gasteiger partial charge in [0, 0.05) is 0 Å². The molecule has 0 saturated heterocycles. The van der Waals surface area contributed by atoms with Crippen molar-refractivity contribution < 1.29 is 23.0 Å². The second-order valence-electron chi connectivity index (χ2n) is 2.29. The van der Waals surface area contributed by atoms with Crippen LogP contribution in [-0.2, 0) is 0 Å². The molecule has 0 aromatic heterocycles. The van der Waals surface area contributed by atoms with E-state index in [0.717, 1.165) is 0 Å². The van der Waals surface area contributed by atoms with Gasteiger partial charge in [-0.2, -0.15) is 0 Å². The Balaban J connectivity index is 3.09. The molecule has 0 heterocycles. The second-order valence-corrected chi connectivity index (χ2v) is 4.61. The van der Waals surface area contributed by atoms with Crippen molar-refractivity contribution in [1.29, 1.82) is 0 Å². The van der Waals surface area contributed by atoms with Crippen LogP contribution in [0.2, 0.25) is 0 Å². The van der Waals surface area contributed by atoms with E-state index >= 15 is 0 Å². The Hall–Kier alpha value is 0.0700. The van der Waals surface area contributed by atoms with Crippen LogP contribution in [0.25, 0.3) is 0 Å². The van der Waals surface area contributed by atoms with Gasteiger partial charge in [0.2, 0.25) is 0 Å². The molecule has 0 aliphatic carbocycles. The van der Waals surface area contributed by atoms with Crippen LogP contribution < -0.4 is 4.74 Å². The number of hydrogen-bond acceptors (Lipinski definition) is 2. The molecule has 0 aliphatic heterocycles. The number of alkyl halides is 3. The van der Waals surface area contributed by atoms with Crippen molar-refractivity contribution in [1.82, 2.24) is 0 Å². The lowest BCUT2D eigenvalue weighted by atomic mass is 10.3. The Bertz CT molecular complexity index is 328. The summed E-state index contributed by atoms with van der Waals surface area (Å²) in [5.74, 6) is -0.371. The van der Waals surface area contributed by atoms with Gasteiger partial charge in [-0.25, -0.2) is 0 Å². The average molecular weight is 430 g/mol. The monoisotopic (exact) mass is 430 g/mol. The Kier molecular flexibility index (Phi) is 3.72. The second kappa shape index (κ2) is 4.29. The van der Waals surface area contributed by atoms with Crippen molar-refractivity contribution in [3.05, 3.63) is 19.3 Å². The standard InChI is InChI=1S/C7H3F3I2O2/c8-7(9,10)14-6-4(11)1-3(13)2-5(6)12/h1-2,13H. The van der Waals surface area contributed by atoms with Crippen molar-refractivity contribution in [3.8, 4) is 11.5 Å². The Morgan fingerprint density at radius 2 is 1.57 bits per heavy atom. The number of phenolic OH excluding ortho intramolecular Hbond substituents is 1. The quantitative estimate of drug-likeness (QED) is 0.692. The van der Waals surface area contributed by atoms with Gasteiger partial charge in [-0.3, -0.25) is 0 Å². The predicted octanol–water partition coefficient (Wildman–Crippen LogP) is 3.50. The molecule has 0 saturated carbocycles. The van der Waals surface area contributed by atoms with E-state index in [1.807, 2.05) is 0 Å². The van der Waals surface area contributed by atoms with Crippen LogP contribution >= 0.6 is 45.2 Å². The Morgan fingerprint density at radius 1 is 1.14 bits per heavy atom. The summed E-state index contributed by atoms with van der Waals surface area (Å²) >= 11 is 3.32. The maximum absolute atomic E-state index is 11.9. The first-order valence-electron chi connectivity index (χ1n) is 3.23. The molecule has 0 radical (unpaired) electrons. The number of aromatic hydroxyl groups is 1. The van der Waals surface area contributed by atoms with E-state index in [1.54, 1.807) is 45.2 Å². The van der Waals surface area contributed by atoms with Crippen LogP contribution in [0.1, 0.15) is 0 Å². The molecule has 0 aliphatic rings. The number of rotatable bonds is 1. The first kappa shape index (κ1) is 12.1. The molecule has 0 amide bonds. The molecule has 7 heteroatoms. The van der Waals surface area contributed by atoms with Gasteiger partial charge in [0.05, 0.1) is 7.14 Å². The third-order valence-electron chi connectivity index (χ3n) is 1.20. The van der Waals surface area contributed by atoms with Crippen molar-refractivity contribution in [2.45, 2.75) is 6.36 Å². The topological polar surface area (TPSA) is 29.5 Å². The fourth-order valence-electron chi connectivity index (χ4n) is 0.760. The van der Waals surface area contributed by atoms with Crippen LogP contribution in [0.15, 0.2) is 12.1 Å². The predicted molar refractivity (Wildman–Crippen MR) is 60.2 cm³/mol. The summed E-state index contributed by atoms with van der Waals surface area (Å²) in [6, 6.07) is 2.40. The minimum Gasteiger partial charge on any atom is -0.508 e. The highest BCUT2D eigenvalue weighted by molar-refractivity contribution is 14.1. The molecule has 0 bridgehead atoms. The minimum absolute atomic E-state index is 0.0895. The first-order chi connectivity index (χ1) is 6.29. The van der Waals surface area contributed by atoms with Gasteiger partial charge in [0.15, 0.2) is 5.75 Å². The molecule has 1 N–H and O–H groups in total. The Morgan fingerprint density at radius 3 is 1.93 bits per heavy atom. The zero-order chi connectivity index (χ0) is 10.9. The van der Waals surface area contributed by atoms with E-state index < -0.39 is 6.36 Å². The number of benzene rings is 1. The molecule has 2 nitrogen and oxygen atoms in total. The molecular weight excluding hydrogens is 427 g/mol. The van der Waals surface area contributed by atoms with Crippen LogP contribution in [0, 0.1) is 7.14 Å². The zero-order valence-corrected chi connectivity index (χ0v) is 10.7. The average Bonchev–Trinajstić information content (AvgIpc) is 1.95. The summed E-state index contributed by atoms with van der Waals surface area (Å²) in [6.07, 6.45) is -4.71. The van der Waals surface area contributed by atoms with Crippen molar-refractivity contribution in [3.63, 3.8) is 0 Å². The number of phenols is 1. The van der Waals surface area contributed by atoms with Crippen LogP contribution in [0.5, 0.6) is 11.5 Å². The van der Waals surface area contributed by atoms with E-state index in [-0.39, 0.29) is 18.6 Å². The molecule has 1 aromatic carbocycles. The molecule has 78 valence electrons. The highest BCUT2D eigenvalue weighted by atomic mass is 127. The van der Waals surface area contributed by atoms with Crippen molar-refractivity contribution >= 4 is 45.2 Å². The molecule has 0 spiro atoms.